The van der Waals surface area contributed by atoms with Crippen molar-refractivity contribution in [1.82, 2.24) is 9.88 Å². The van der Waals surface area contributed by atoms with E-state index in [1.807, 2.05) is 6.92 Å². The number of aromatic amines is 1. The molecule has 1 saturated heterocycles. The van der Waals surface area contributed by atoms with Gasteiger partial charge in [-0.2, -0.15) is 12.6 Å². The van der Waals surface area contributed by atoms with Gasteiger partial charge in [0.2, 0.25) is 0 Å². The number of allylic oxidation sites excluding steroid dienone is 5. The number of nitrogens with zero attached hydrogens (tertiary/aromatic N) is 1. The molecule has 1 atom stereocenters. The monoisotopic (exact) mass is 405 g/mol. The van der Waals surface area contributed by atoms with Crippen LogP contribution in [0.3, 0.4) is 0 Å². The first-order chi connectivity index (χ1) is 12.9. The van der Waals surface area contributed by atoms with Crippen molar-refractivity contribution in [2.75, 3.05) is 25.4 Å². The zero-order chi connectivity index (χ0) is 19.6. The quantitative estimate of drug-likeness (QED) is 0.628. The van der Waals surface area contributed by atoms with E-state index in [0.717, 1.165) is 56.1 Å². The molecule has 148 valence electrons. The smallest absolute Gasteiger partial charge is 0.0491 e. The van der Waals surface area contributed by atoms with E-state index in [0.29, 0.717) is 0 Å². The number of thiol groups is 1. The number of aryl methyl sites for hydroxylation is 2. The van der Waals surface area contributed by atoms with Crippen LogP contribution in [-0.2, 0) is 6.42 Å². The van der Waals surface area contributed by atoms with Crippen LogP contribution < -0.4 is 5.73 Å². The average molecular weight is 406 g/mol. The summed E-state index contributed by atoms with van der Waals surface area (Å²) in [5, 5.41) is 0.853. The van der Waals surface area contributed by atoms with Crippen molar-refractivity contribution in [2.45, 2.75) is 52.5 Å². The second-order valence-electron chi connectivity index (χ2n) is 7.96. The molecule has 1 fully saturated rings. The zero-order valence-electron chi connectivity index (χ0n) is 16.7. The molecule has 27 heavy (non-hydrogen) atoms. The Hall–Kier alpha value is -0.940. The number of halogens is 1. The SMILES string of the molecule is CC1=C(/C=C(\C)Cl)CCc2cc(C)[nH]c2C1=C1CCN(CC(N)CS)CC1. The van der Waals surface area contributed by atoms with Gasteiger partial charge in [-0.1, -0.05) is 17.2 Å². The van der Waals surface area contributed by atoms with Crippen LogP contribution in [0.5, 0.6) is 0 Å². The number of piperidine rings is 1. The zero-order valence-corrected chi connectivity index (χ0v) is 18.4. The van der Waals surface area contributed by atoms with Crippen LogP contribution >= 0.6 is 24.2 Å². The van der Waals surface area contributed by atoms with Gasteiger partial charge in [0.05, 0.1) is 0 Å². The summed E-state index contributed by atoms with van der Waals surface area (Å²) in [6.45, 7) is 9.47. The van der Waals surface area contributed by atoms with E-state index in [2.05, 4.69) is 48.5 Å². The summed E-state index contributed by atoms with van der Waals surface area (Å²) >= 11 is 10.6. The fraction of sp³-hybridized carbons (Fsp3) is 0.545. The van der Waals surface area contributed by atoms with E-state index in [4.69, 9.17) is 17.3 Å². The predicted octanol–water partition coefficient (Wildman–Crippen LogP) is 4.83. The van der Waals surface area contributed by atoms with Gasteiger partial charge >= 0.3 is 0 Å². The molecule has 1 aliphatic carbocycles. The molecule has 3 N–H and O–H groups in total. The van der Waals surface area contributed by atoms with Crippen molar-refractivity contribution < 1.29 is 0 Å². The molecular weight excluding hydrogens is 374 g/mol. The van der Waals surface area contributed by atoms with Crippen LogP contribution in [0.15, 0.2) is 33.9 Å². The minimum absolute atomic E-state index is 0.156. The Kier molecular flexibility index (Phi) is 6.96. The molecule has 0 amide bonds. The molecule has 1 aromatic heterocycles. The average Bonchev–Trinajstić information content (AvgIpc) is 2.94. The minimum atomic E-state index is 0.156. The number of nitrogens with two attached hydrogens (primary N) is 1. The highest BCUT2D eigenvalue weighted by molar-refractivity contribution is 7.80. The van der Waals surface area contributed by atoms with Gasteiger partial charge < -0.3 is 15.6 Å². The van der Waals surface area contributed by atoms with Crippen molar-refractivity contribution in [1.29, 1.82) is 0 Å². The van der Waals surface area contributed by atoms with Crippen LogP contribution in [0.2, 0.25) is 0 Å². The van der Waals surface area contributed by atoms with Gasteiger partial charge in [0.1, 0.15) is 0 Å². The minimum Gasteiger partial charge on any atom is -0.358 e. The van der Waals surface area contributed by atoms with Gasteiger partial charge in [-0.15, -0.1) is 0 Å². The first kappa shape index (κ1) is 20.8. The lowest BCUT2D eigenvalue weighted by atomic mass is 9.89. The first-order valence-corrected chi connectivity index (χ1v) is 10.9. The van der Waals surface area contributed by atoms with Crippen LogP contribution in [-0.4, -0.2) is 41.3 Å². The molecule has 0 radical (unpaired) electrons. The van der Waals surface area contributed by atoms with E-state index in [1.54, 1.807) is 5.57 Å². The molecule has 1 aromatic rings. The molecule has 3 nitrogen and oxygen atoms in total. The maximum absolute atomic E-state index is 6.23. The highest BCUT2D eigenvalue weighted by Gasteiger charge is 2.25. The van der Waals surface area contributed by atoms with E-state index in [-0.39, 0.29) is 6.04 Å². The number of likely N-dealkylation sites (tertiary alicyclic amines) is 1. The summed E-state index contributed by atoms with van der Waals surface area (Å²) in [7, 11) is 0. The molecule has 0 spiro atoms. The molecule has 0 aromatic carbocycles. The lowest BCUT2D eigenvalue weighted by Gasteiger charge is -2.31. The lowest BCUT2D eigenvalue weighted by molar-refractivity contribution is 0.246. The highest BCUT2D eigenvalue weighted by Crippen LogP contribution is 2.39. The Morgan fingerprint density at radius 2 is 2.00 bits per heavy atom. The number of fused-ring (bicyclic) bond motifs is 1. The Morgan fingerprint density at radius 3 is 2.63 bits per heavy atom. The Balaban J connectivity index is 1.96. The largest absolute Gasteiger partial charge is 0.358 e. The van der Waals surface area contributed by atoms with Gasteiger partial charge in [-0.3, -0.25) is 0 Å². The molecule has 2 aliphatic rings. The molecule has 2 heterocycles. The Morgan fingerprint density at radius 1 is 1.30 bits per heavy atom. The summed E-state index contributed by atoms with van der Waals surface area (Å²) in [5.74, 6) is 0.741. The van der Waals surface area contributed by atoms with Gasteiger partial charge in [-0.25, -0.2) is 0 Å². The van der Waals surface area contributed by atoms with Crippen molar-refractivity contribution in [3.8, 4) is 0 Å². The summed E-state index contributed by atoms with van der Waals surface area (Å²) in [6, 6.07) is 2.47. The third-order valence-electron chi connectivity index (χ3n) is 5.72. The summed E-state index contributed by atoms with van der Waals surface area (Å²) in [4.78, 5) is 6.13. The van der Waals surface area contributed by atoms with Gasteiger partial charge in [-0.05, 0) is 75.3 Å². The molecule has 5 heteroatoms. The van der Waals surface area contributed by atoms with Crippen LogP contribution in [0.25, 0.3) is 5.57 Å². The number of hydrogen-bond donors (Lipinski definition) is 3. The van der Waals surface area contributed by atoms with Crippen molar-refractivity contribution >= 4 is 29.8 Å². The van der Waals surface area contributed by atoms with Crippen LogP contribution in [0, 0.1) is 6.92 Å². The first-order valence-electron chi connectivity index (χ1n) is 9.92. The third kappa shape index (κ3) is 4.92. The van der Waals surface area contributed by atoms with Crippen molar-refractivity contribution in [2.24, 2.45) is 5.73 Å². The Bertz CT molecular complexity index is 773. The summed E-state index contributed by atoms with van der Waals surface area (Å²) in [5.41, 5.74) is 15.8. The molecule has 0 bridgehead atoms. The third-order valence-corrected chi connectivity index (χ3v) is 6.30. The highest BCUT2D eigenvalue weighted by atomic mass is 35.5. The van der Waals surface area contributed by atoms with Gasteiger partial charge in [0.15, 0.2) is 0 Å². The number of rotatable bonds is 4. The standard InChI is InChI=1S/C22H32ClN3S/c1-14(23)10-18-4-5-19-11-15(2)25-22(19)21(16(18)3)17-6-8-26(9-7-17)12-20(24)13-27/h10-11,20,25,27H,4-9,12-13,24H2,1-3H3/b14-10+. The van der Waals surface area contributed by atoms with Gasteiger partial charge in [0.25, 0.3) is 0 Å². The van der Waals surface area contributed by atoms with Gasteiger partial charge in [0, 0.05) is 53.4 Å². The topological polar surface area (TPSA) is 45.0 Å². The molecule has 0 saturated carbocycles. The van der Waals surface area contributed by atoms with E-state index in [1.165, 1.54) is 33.7 Å². The number of aromatic nitrogens is 1. The number of nitrogens with one attached hydrogen (secondary N) is 1. The fourth-order valence-electron chi connectivity index (χ4n) is 4.38. The lowest BCUT2D eigenvalue weighted by Crippen LogP contribution is -2.41. The summed E-state index contributed by atoms with van der Waals surface area (Å²) < 4.78 is 0. The van der Waals surface area contributed by atoms with Crippen molar-refractivity contribution in [3.63, 3.8) is 0 Å². The second kappa shape index (κ2) is 9.04. The molecule has 3 rings (SSSR count). The number of hydrogen-bond acceptors (Lipinski definition) is 3. The van der Waals surface area contributed by atoms with E-state index >= 15 is 0 Å². The Labute approximate surface area is 174 Å². The number of H-pyrrole nitrogens is 1. The maximum atomic E-state index is 6.23. The second-order valence-corrected chi connectivity index (χ2v) is 8.92. The maximum Gasteiger partial charge on any atom is 0.0491 e. The van der Waals surface area contributed by atoms with E-state index < -0.39 is 0 Å². The van der Waals surface area contributed by atoms with Crippen LogP contribution in [0.1, 0.15) is 50.1 Å². The molecule has 1 aliphatic heterocycles. The van der Waals surface area contributed by atoms with E-state index in [9.17, 15) is 0 Å². The predicted molar refractivity (Wildman–Crippen MR) is 121 cm³/mol. The summed E-state index contributed by atoms with van der Waals surface area (Å²) in [6.07, 6.45) is 6.45. The fourth-order valence-corrected chi connectivity index (χ4v) is 4.63. The molecule has 1 unspecified atom stereocenters. The van der Waals surface area contributed by atoms with Crippen LogP contribution in [0.4, 0.5) is 0 Å². The normalized spacial score (nSPS) is 20.7. The molecular formula is C22H32ClN3S. The van der Waals surface area contributed by atoms with Crippen molar-refractivity contribution in [3.05, 3.63) is 50.8 Å².